The Balaban J connectivity index is 2.34. The number of ether oxygens (including phenoxy) is 2. The number of nitrogens with one attached hydrogen (secondary N) is 1. The summed E-state index contributed by atoms with van der Waals surface area (Å²) in [5.74, 6) is -0.281. The molecule has 1 unspecified atom stereocenters. The highest BCUT2D eigenvalue weighted by Gasteiger charge is 2.21. The molecule has 2 aromatic carbocycles. The van der Waals surface area contributed by atoms with Gasteiger partial charge in [0.2, 0.25) is 0 Å². The lowest BCUT2D eigenvalue weighted by Crippen LogP contribution is -2.36. The maximum absolute atomic E-state index is 12.4. The second kappa shape index (κ2) is 9.06. The summed E-state index contributed by atoms with van der Waals surface area (Å²) in [5.41, 5.74) is 1.39. The summed E-state index contributed by atoms with van der Waals surface area (Å²) in [7, 11) is 2.82. The van der Waals surface area contributed by atoms with E-state index in [0.29, 0.717) is 21.9 Å². The molecule has 0 aliphatic heterocycles. The van der Waals surface area contributed by atoms with Gasteiger partial charge in [-0.05, 0) is 43.3 Å². The summed E-state index contributed by atoms with van der Waals surface area (Å²) in [4.78, 5) is 24.6. The summed E-state index contributed by atoms with van der Waals surface area (Å²) in [6.07, 6.45) is 1.60. The van der Waals surface area contributed by atoms with Gasteiger partial charge >= 0.3 is 5.97 Å². The zero-order chi connectivity index (χ0) is 19.1. The fourth-order valence-electron chi connectivity index (χ4n) is 2.41. The number of rotatable bonds is 6. The largest absolute Gasteiger partial charge is 0.496 e. The molecule has 0 heterocycles. The van der Waals surface area contributed by atoms with Crippen molar-refractivity contribution in [2.45, 2.75) is 13.0 Å². The van der Waals surface area contributed by atoms with E-state index in [1.807, 2.05) is 6.07 Å². The first-order valence-corrected chi connectivity index (χ1v) is 8.33. The van der Waals surface area contributed by atoms with Crippen LogP contribution in [0.1, 0.15) is 22.8 Å². The van der Waals surface area contributed by atoms with Gasteiger partial charge in [-0.15, -0.1) is 0 Å². The molecular formula is C20H20ClNO4. The first-order valence-electron chi connectivity index (χ1n) is 7.95. The molecule has 0 saturated carbocycles. The highest BCUT2D eigenvalue weighted by Crippen LogP contribution is 2.26. The van der Waals surface area contributed by atoms with Gasteiger partial charge < -0.3 is 14.8 Å². The molecule has 1 atom stereocenters. The number of methoxy groups -OCH3 is 2. The van der Waals surface area contributed by atoms with Crippen molar-refractivity contribution in [1.82, 2.24) is 5.32 Å². The van der Waals surface area contributed by atoms with E-state index in [1.165, 1.54) is 14.2 Å². The van der Waals surface area contributed by atoms with Gasteiger partial charge in [-0.3, -0.25) is 4.79 Å². The Hall–Kier alpha value is -2.79. The lowest BCUT2D eigenvalue weighted by atomic mass is 10.0. The lowest BCUT2D eigenvalue weighted by Gasteiger charge is -2.17. The number of amides is 1. The van der Waals surface area contributed by atoms with Gasteiger partial charge in [-0.25, -0.2) is 4.79 Å². The highest BCUT2D eigenvalue weighted by molar-refractivity contribution is 6.30. The molecular weight excluding hydrogens is 354 g/mol. The average Bonchev–Trinajstić information content (AvgIpc) is 2.66. The zero-order valence-electron chi connectivity index (χ0n) is 14.8. The van der Waals surface area contributed by atoms with E-state index in [2.05, 4.69) is 5.32 Å². The van der Waals surface area contributed by atoms with Crippen molar-refractivity contribution in [3.8, 4) is 5.75 Å². The summed E-state index contributed by atoms with van der Waals surface area (Å²) >= 11 is 6.04. The highest BCUT2D eigenvalue weighted by atomic mass is 35.5. The molecule has 0 aromatic heterocycles. The Morgan fingerprint density at radius 3 is 2.42 bits per heavy atom. The Bertz CT molecular complexity index is 818. The Morgan fingerprint density at radius 2 is 1.81 bits per heavy atom. The molecule has 0 fully saturated rings. The predicted molar refractivity (Wildman–Crippen MR) is 101 cm³/mol. The maximum Gasteiger partial charge on any atom is 0.335 e. The first-order chi connectivity index (χ1) is 12.5. The molecule has 1 N–H and O–H groups in total. The molecule has 0 aliphatic carbocycles. The fourth-order valence-corrected chi connectivity index (χ4v) is 2.59. The minimum atomic E-state index is -0.584. The molecule has 0 aliphatic rings. The Labute approximate surface area is 157 Å². The monoisotopic (exact) mass is 373 g/mol. The SMILES string of the molecule is COC(=O)C(=Cc1cc(Cl)ccc1OC)C(C)NC(=O)c1ccccc1. The second-order valence-electron chi connectivity index (χ2n) is 5.54. The van der Waals surface area contributed by atoms with E-state index >= 15 is 0 Å². The molecule has 0 radical (unpaired) electrons. The summed E-state index contributed by atoms with van der Waals surface area (Å²) in [6.45, 7) is 1.71. The smallest absolute Gasteiger partial charge is 0.335 e. The van der Waals surface area contributed by atoms with Gasteiger partial charge in [0, 0.05) is 16.1 Å². The molecule has 2 aromatic rings. The molecule has 2 rings (SSSR count). The molecule has 0 spiro atoms. The third kappa shape index (κ3) is 4.86. The number of hydrogen-bond acceptors (Lipinski definition) is 4. The van der Waals surface area contributed by atoms with Gasteiger partial charge in [-0.1, -0.05) is 29.8 Å². The second-order valence-corrected chi connectivity index (χ2v) is 5.98. The summed E-state index contributed by atoms with van der Waals surface area (Å²) < 4.78 is 10.2. The minimum Gasteiger partial charge on any atom is -0.496 e. The number of esters is 1. The zero-order valence-corrected chi connectivity index (χ0v) is 15.5. The van der Waals surface area contributed by atoms with Crippen LogP contribution in [-0.4, -0.2) is 32.1 Å². The van der Waals surface area contributed by atoms with E-state index in [0.717, 1.165) is 0 Å². The first kappa shape index (κ1) is 19.5. The maximum atomic E-state index is 12.4. The van der Waals surface area contributed by atoms with Crippen LogP contribution >= 0.6 is 11.6 Å². The van der Waals surface area contributed by atoms with Gasteiger partial charge in [-0.2, -0.15) is 0 Å². The number of halogens is 1. The van der Waals surface area contributed by atoms with Gasteiger partial charge in [0.15, 0.2) is 0 Å². The molecule has 0 bridgehead atoms. The van der Waals surface area contributed by atoms with Crippen molar-refractivity contribution in [2.24, 2.45) is 0 Å². The summed E-state index contributed by atoms with van der Waals surface area (Å²) in [6, 6.07) is 13.2. The molecule has 1 amide bonds. The third-order valence-electron chi connectivity index (χ3n) is 3.77. The van der Waals surface area contributed by atoms with E-state index in [-0.39, 0.29) is 11.5 Å². The average molecular weight is 374 g/mol. The molecule has 0 saturated heterocycles. The van der Waals surface area contributed by atoms with Crippen molar-refractivity contribution >= 4 is 29.6 Å². The van der Waals surface area contributed by atoms with Crippen LogP contribution in [0.2, 0.25) is 5.02 Å². The normalized spacial score (nSPS) is 12.2. The molecule has 136 valence electrons. The van der Waals surface area contributed by atoms with Crippen LogP contribution in [0.4, 0.5) is 0 Å². The Morgan fingerprint density at radius 1 is 1.12 bits per heavy atom. The van der Waals surface area contributed by atoms with Crippen molar-refractivity contribution in [3.05, 3.63) is 70.3 Å². The van der Waals surface area contributed by atoms with E-state index in [4.69, 9.17) is 21.1 Å². The van der Waals surface area contributed by atoms with Crippen LogP contribution in [0.15, 0.2) is 54.1 Å². The lowest BCUT2D eigenvalue weighted by molar-refractivity contribution is -0.136. The number of benzene rings is 2. The number of carbonyl (C=O) groups excluding carboxylic acids is 2. The minimum absolute atomic E-state index is 0.275. The quantitative estimate of drug-likeness (QED) is 0.619. The van der Waals surface area contributed by atoms with Crippen molar-refractivity contribution in [3.63, 3.8) is 0 Å². The summed E-state index contributed by atoms with van der Waals surface area (Å²) in [5, 5.41) is 3.30. The fraction of sp³-hybridized carbons (Fsp3) is 0.200. The van der Waals surface area contributed by atoms with Crippen LogP contribution in [0.3, 0.4) is 0 Å². The van der Waals surface area contributed by atoms with Crippen LogP contribution in [0.25, 0.3) is 6.08 Å². The number of hydrogen-bond donors (Lipinski definition) is 1. The predicted octanol–water partition coefficient (Wildman–Crippen LogP) is 3.72. The van der Waals surface area contributed by atoms with E-state index in [1.54, 1.807) is 55.5 Å². The van der Waals surface area contributed by atoms with Crippen LogP contribution in [0.5, 0.6) is 5.75 Å². The van der Waals surface area contributed by atoms with Crippen molar-refractivity contribution in [2.75, 3.05) is 14.2 Å². The topological polar surface area (TPSA) is 64.6 Å². The molecule has 5 nitrogen and oxygen atoms in total. The van der Waals surface area contributed by atoms with Crippen molar-refractivity contribution in [1.29, 1.82) is 0 Å². The van der Waals surface area contributed by atoms with Gasteiger partial charge in [0.25, 0.3) is 5.91 Å². The standard InChI is InChI=1S/C20H20ClNO4/c1-13(22-19(23)14-7-5-4-6-8-14)17(20(24)26-3)12-15-11-16(21)9-10-18(15)25-2/h4-13H,1-3H3,(H,22,23). The molecule has 6 heteroatoms. The van der Waals surface area contributed by atoms with Crippen molar-refractivity contribution < 1.29 is 19.1 Å². The van der Waals surface area contributed by atoms with Crippen LogP contribution in [0, 0.1) is 0 Å². The van der Waals surface area contributed by atoms with E-state index in [9.17, 15) is 9.59 Å². The number of carbonyl (C=O) groups is 2. The van der Waals surface area contributed by atoms with Crippen LogP contribution in [-0.2, 0) is 9.53 Å². The van der Waals surface area contributed by atoms with E-state index < -0.39 is 12.0 Å². The Kier molecular flexibility index (Phi) is 6.81. The van der Waals surface area contributed by atoms with Gasteiger partial charge in [0.1, 0.15) is 5.75 Å². The van der Waals surface area contributed by atoms with Crippen LogP contribution < -0.4 is 10.1 Å². The molecule has 26 heavy (non-hydrogen) atoms. The van der Waals surface area contributed by atoms with Gasteiger partial charge in [0.05, 0.1) is 25.8 Å². The third-order valence-corrected chi connectivity index (χ3v) is 4.01.